The van der Waals surface area contributed by atoms with Crippen LogP contribution < -0.4 is 9.47 Å². The van der Waals surface area contributed by atoms with Crippen molar-refractivity contribution >= 4 is 5.71 Å². The van der Waals surface area contributed by atoms with E-state index < -0.39 is 0 Å². The van der Waals surface area contributed by atoms with Crippen LogP contribution in [0, 0.1) is 0 Å². The molecule has 28 heavy (non-hydrogen) atoms. The van der Waals surface area contributed by atoms with Crippen LogP contribution in [0.5, 0.6) is 17.2 Å². The van der Waals surface area contributed by atoms with Crippen LogP contribution in [0.25, 0.3) is 0 Å². The van der Waals surface area contributed by atoms with Crippen LogP contribution in [0.15, 0.2) is 77.9 Å². The van der Waals surface area contributed by atoms with Gasteiger partial charge in [-0.1, -0.05) is 48.5 Å². The predicted octanol–water partition coefficient (Wildman–Crippen LogP) is 4.64. The Morgan fingerprint density at radius 2 is 1.82 bits per heavy atom. The molecule has 140 valence electrons. The van der Waals surface area contributed by atoms with Crippen LogP contribution >= 0.6 is 0 Å². The van der Waals surface area contributed by atoms with Gasteiger partial charge in [0.05, 0.1) is 18.9 Å². The van der Waals surface area contributed by atoms with Crippen molar-refractivity contribution in [2.24, 2.45) is 5.10 Å². The molecule has 0 bridgehead atoms. The van der Waals surface area contributed by atoms with Crippen LogP contribution in [0.4, 0.5) is 0 Å². The zero-order valence-electron chi connectivity index (χ0n) is 15.4. The smallest absolute Gasteiger partial charge is 0.213 e. The second kappa shape index (κ2) is 6.60. The lowest BCUT2D eigenvalue weighted by molar-refractivity contribution is -0.0190. The molecular weight excluding hydrogens is 352 g/mol. The van der Waals surface area contributed by atoms with Gasteiger partial charge in [-0.25, -0.2) is 5.01 Å². The summed E-state index contributed by atoms with van der Waals surface area (Å²) in [6, 6.07) is 23.5. The number of aromatic hydroxyl groups is 1. The average Bonchev–Trinajstić information content (AvgIpc) is 3.19. The summed E-state index contributed by atoms with van der Waals surface area (Å²) in [5.41, 5.74) is 3.67. The first-order valence-corrected chi connectivity index (χ1v) is 9.28. The van der Waals surface area contributed by atoms with Crippen LogP contribution in [0.1, 0.15) is 35.4 Å². The van der Waals surface area contributed by atoms with Crippen LogP contribution in [0.3, 0.4) is 0 Å². The minimum absolute atomic E-state index is 0.0516. The number of nitrogens with zero attached hydrogens (tertiary/aromatic N) is 2. The van der Waals surface area contributed by atoms with Crippen molar-refractivity contribution in [1.82, 2.24) is 5.01 Å². The van der Waals surface area contributed by atoms with Crippen molar-refractivity contribution in [3.8, 4) is 17.2 Å². The molecule has 0 saturated heterocycles. The molecule has 5 rings (SSSR count). The lowest BCUT2D eigenvalue weighted by Gasteiger charge is -2.38. The standard InChI is InChI=1S/C23H20N2O3/c1-27-16-11-12-21(26)18(13-16)19-14-20-17-9-5-6-10-22(17)28-23(25(20)24-19)15-7-3-2-4-8-15/h2-13,20,23,26H,14H2,1H3/t20-,23-/m0/s1. The molecule has 2 atom stereocenters. The number of hydrazone groups is 1. The molecule has 3 aromatic rings. The van der Waals surface area contributed by atoms with E-state index >= 15 is 0 Å². The molecule has 0 aromatic heterocycles. The van der Waals surface area contributed by atoms with Gasteiger partial charge in [0.15, 0.2) is 0 Å². The van der Waals surface area contributed by atoms with Gasteiger partial charge >= 0.3 is 0 Å². The number of ether oxygens (including phenoxy) is 2. The molecule has 0 aliphatic carbocycles. The number of rotatable bonds is 3. The van der Waals surface area contributed by atoms with Gasteiger partial charge in [-0.15, -0.1) is 0 Å². The molecule has 0 fully saturated rings. The summed E-state index contributed by atoms with van der Waals surface area (Å²) in [4.78, 5) is 0. The normalized spacial score (nSPS) is 20.0. The van der Waals surface area contributed by atoms with Crippen molar-refractivity contribution in [3.05, 3.63) is 89.5 Å². The quantitative estimate of drug-likeness (QED) is 0.728. The summed E-state index contributed by atoms with van der Waals surface area (Å²) in [6.07, 6.45) is 0.371. The third-order valence-electron chi connectivity index (χ3n) is 5.30. The molecule has 2 aliphatic heterocycles. The molecule has 0 radical (unpaired) electrons. The van der Waals surface area contributed by atoms with Crippen molar-refractivity contribution in [1.29, 1.82) is 0 Å². The Morgan fingerprint density at radius 3 is 2.64 bits per heavy atom. The molecule has 5 nitrogen and oxygen atoms in total. The fourth-order valence-corrected chi connectivity index (χ4v) is 3.91. The molecule has 2 aliphatic rings. The van der Waals surface area contributed by atoms with Gasteiger partial charge in [0.25, 0.3) is 0 Å². The maximum Gasteiger partial charge on any atom is 0.213 e. The SMILES string of the molecule is COc1ccc(O)c(C2=NN3[C@@H](C2)c2ccccc2O[C@H]3c2ccccc2)c1. The maximum absolute atomic E-state index is 10.4. The summed E-state index contributed by atoms with van der Waals surface area (Å²) >= 11 is 0. The van der Waals surface area contributed by atoms with Crippen LogP contribution in [0.2, 0.25) is 0 Å². The van der Waals surface area contributed by atoms with Crippen LogP contribution in [-0.4, -0.2) is 22.9 Å². The minimum Gasteiger partial charge on any atom is -0.507 e. The van der Waals surface area contributed by atoms with Crippen molar-refractivity contribution < 1.29 is 14.6 Å². The fourth-order valence-electron chi connectivity index (χ4n) is 3.91. The number of phenols is 1. The third-order valence-corrected chi connectivity index (χ3v) is 5.30. The summed E-state index contributed by atoms with van der Waals surface area (Å²) in [6.45, 7) is 0. The van der Waals surface area contributed by atoms with Gasteiger partial charge < -0.3 is 14.6 Å². The molecule has 0 unspecified atom stereocenters. The summed E-state index contributed by atoms with van der Waals surface area (Å²) in [5.74, 6) is 1.77. The highest BCUT2D eigenvalue weighted by Crippen LogP contribution is 2.47. The first-order valence-electron chi connectivity index (χ1n) is 9.28. The summed E-state index contributed by atoms with van der Waals surface area (Å²) in [7, 11) is 1.62. The molecular formula is C23H20N2O3. The zero-order valence-corrected chi connectivity index (χ0v) is 15.4. The number of methoxy groups -OCH3 is 1. The van der Waals surface area contributed by atoms with Gasteiger partial charge in [-0.3, -0.25) is 0 Å². The molecule has 2 heterocycles. The second-order valence-electron chi connectivity index (χ2n) is 6.95. The maximum atomic E-state index is 10.4. The topological polar surface area (TPSA) is 54.3 Å². The van der Waals surface area contributed by atoms with E-state index in [0.717, 1.165) is 22.6 Å². The lowest BCUT2D eigenvalue weighted by Crippen LogP contribution is -2.33. The van der Waals surface area contributed by atoms with E-state index in [1.807, 2.05) is 59.6 Å². The van der Waals surface area contributed by atoms with E-state index in [4.69, 9.17) is 14.6 Å². The van der Waals surface area contributed by atoms with Gasteiger partial charge in [0.2, 0.25) is 6.23 Å². The van der Waals surface area contributed by atoms with E-state index in [-0.39, 0.29) is 18.0 Å². The van der Waals surface area contributed by atoms with Crippen molar-refractivity contribution in [2.75, 3.05) is 7.11 Å². The summed E-state index contributed by atoms with van der Waals surface area (Å²) < 4.78 is 11.7. The fraction of sp³-hybridized carbons (Fsp3) is 0.174. The van der Waals surface area contributed by atoms with Gasteiger partial charge in [-0.2, -0.15) is 5.10 Å². The number of hydrogen-bond donors (Lipinski definition) is 1. The monoisotopic (exact) mass is 372 g/mol. The average molecular weight is 372 g/mol. The van der Waals surface area contributed by atoms with E-state index in [0.29, 0.717) is 17.7 Å². The Bertz CT molecular complexity index is 1050. The Morgan fingerprint density at radius 1 is 1.04 bits per heavy atom. The minimum atomic E-state index is -0.314. The molecule has 5 heteroatoms. The Hall–Kier alpha value is -3.47. The van der Waals surface area contributed by atoms with Gasteiger partial charge in [0, 0.05) is 23.1 Å². The van der Waals surface area contributed by atoms with E-state index in [9.17, 15) is 5.11 Å². The first-order chi connectivity index (χ1) is 13.7. The lowest BCUT2D eigenvalue weighted by atomic mass is 9.95. The van der Waals surface area contributed by atoms with E-state index in [1.165, 1.54) is 0 Å². The number of benzene rings is 3. The highest BCUT2D eigenvalue weighted by atomic mass is 16.5. The third kappa shape index (κ3) is 2.67. The highest BCUT2D eigenvalue weighted by Gasteiger charge is 2.41. The molecule has 1 N–H and O–H groups in total. The van der Waals surface area contributed by atoms with E-state index in [2.05, 4.69) is 6.07 Å². The Balaban J connectivity index is 1.61. The largest absolute Gasteiger partial charge is 0.507 e. The van der Waals surface area contributed by atoms with Crippen molar-refractivity contribution in [2.45, 2.75) is 18.7 Å². The number of phenolic OH excluding ortho intramolecular Hbond substituents is 1. The predicted molar refractivity (Wildman–Crippen MR) is 107 cm³/mol. The van der Waals surface area contributed by atoms with E-state index in [1.54, 1.807) is 19.2 Å². The molecule has 0 amide bonds. The Labute approximate surface area is 163 Å². The van der Waals surface area contributed by atoms with Gasteiger partial charge in [-0.05, 0) is 24.3 Å². The number of hydrogen-bond acceptors (Lipinski definition) is 5. The molecule has 0 saturated carbocycles. The number of fused-ring (bicyclic) bond motifs is 3. The Kier molecular flexibility index (Phi) is 3.93. The zero-order chi connectivity index (χ0) is 19.1. The van der Waals surface area contributed by atoms with Crippen molar-refractivity contribution in [3.63, 3.8) is 0 Å². The first kappa shape index (κ1) is 16.7. The molecule has 3 aromatic carbocycles. The highest BCUT2D eigenvalue weighted by molar-refractivity contribution is 6.04. The van der Waals surface area contributed by atoms with Crippen LogP contribution in [-0.2, 0) is 0 Å². The molecule has 0 spiro atoms. The second-order valence-corrected chi connectivity index (χ2v) is 6.95. The van der Waals surface area contributed by atoms with Gasteiger partial charge in [0.1, 0.15) is 17.2 Å². The summed E-state index contributed by atoms with van der Waals surface area (Å²) in [5, 5.41) is 17.3. The number of para-hydroxylation sites is 1.